The summed E-state index contributed by atoms with van der Waals surface area (Å²) in [5.41, 5.74) is 0.622. The Balaban J connectivity index is 1.78. The Kier molecular flexibility index (Phi) is 4.97. The lowest BCUT2D eigenvalue weighted by molar-refractivity contribution is -0.136. The predicted molar refractivity (Wildman–Crippen MR) is 109 cm³/mol. The number of pyridine rings is 1. The molecule has 3 heterocycles. The second-order valence-corrected chi connectivity index (χ2v) is 8.68. The van der Waals surface area contributed by atoms with Gasteiger partial charge in [-0.2, -0.15) is 0 Å². The van der Waals surface area contributed by atoms with Gasteiger partial charge in [0.05, 0.1) is 11.9 Å². The van der Waals surface area contributed by atoms with E-state index in [1.54, 1.807) is 13.0 Å². The first-order valence-corrected chi connectivity index (χ1v) is 10.5. The summed E-state index contributed by atoms with van der Waals surface area (Å²) in [5, 5.41) is 16.1. The van der Waals surface area contributed by atoms with E-state index in [9.17, 15) is 22.7 Å². The first-order valence-electron chi connectivity index (χ1n) is 9.10. The van der Waals surface area contributed by atoms with Gasteiger partial charge < -0.3 is 14.9 Å². The van der Waals surface area contributed by atoms with E-state index in [1.165, 1.54) is 31.3 Å². The summed E-state index contributed by atoms with van der Waals surface area (Å²) >= 11 is 0. The summed E-state index contributed by atoms with van der Waals surface area (Å²) in [6.45, 7) is 3.22. The maximum Gasteiger partial charge on any atom is 0.307 e. The van der Waals surface area contributed by atoms with Crippen molar-refractivity contribution in [2.45, 2.75) is 25.2 Å². The van der Waals surface area contributed by atoms with Crippen LogP contribution in [0.2, 0.25) is 0 Å². The van der Waals surface area contributed by atoms with E-state index in [1.807, 2.05) is 0 Å². The SMILES string of the molecule is Cc1cc(Nc2ccc(S(=O)(=O)n3c(C)c(CC(=O)O)c4cc(F)ccc43)cn2)no1. The Hall–Kier alpha value is -3.73. The highest BCUT2D eigenvalue weighted by Gasteiger charge is 2.26. The van der Waals surface area contributed by atoms with Crippen molar-refractivity contribution >= 4 is 38.5 Å². The average Bonchev–Trinajstić information content (AvgIpc) is 3.23. The molecule has 0 aliphatic rings. The summed E-state index contributed by atoms with van der Waals surface area (Å²) in [4.78, 5) is 15.3. The summed E-state index contributed by atoms with van der Waals surface area (Å²) in [7, 11) is -4.13. The Labute approximate surface area is 176 Å². The van der Waals surface area contributed by atoms with Crippen LogP contribution in [0.25, 0.3) is 10.9 Å². The summed E-state index contributed by atoms with van der Waals surface area (Å²) in [5.74, 6) is -0.355. The van der Waals surface area contributed by atoms with Gasteiger partial charge in [0, 0.05) is 23.3 Å². The summed E-state index contributed by atoms with van der Waals surface area (Å²) in [6.07, 6.45) is 0.739. The monoisotopic (exact) mass is 444 g/mol. The number of halogens is 1. The number of carboxylic acid groups (broad SMARTS) is 1. The molecule has 4 rings (SSSR count). The number of benzene rings is 1. The van der Waals surface area contributed by atoms with Gasteiger partial charge in [-0.3, -0.25) is 4.79 Å². The molecule has 160 valence electrons. The number of aromatic nitrogens is 3. The van der Waals surface area contributed by atoms with Crippen LogP contribution in [0.3, 0.4) is 0 Å². The molecule has 3 aromatic heterocycles. The number of hydrogen-bond donors (Lipinski definition) is 2. The number of nitrogens with zero attached hydrogens (tertiary/aromatic N) is 3. The van der Waals surface area contributed by atoms with E-state index in [0.717, 1.165) is 16.1 Å². The summed E-state index contributed by atoms with van der Waals surface area (Å²) < 4.78 is 46.5. The van der Waals surface area contributed by atoms with Gasteiger partial charge in [-0.25, -0.2) is 21.8 Å². The van der Waals surface area contributed by atoms with Crippen LogP contribution in [0.15, 0.2) is 52.0 Å². The molecule has 1 aromatic carbocycles. The Morgan fingerprint density at radius 1 is 1.19 bits per heavy atom. The van der Waals surface area contributed by atoms with Crippen LogP contribution in [-0.4, -0.2) is 33.6 Å². The van der Waals surface area contributed by atoms with Gasteiger partial charge in [-0.15, -0.1) is 0 Å². The highest BCUT2D eigenvalue weighted by Crippen LogP contribution is 2.31. The van der Waals surface area contributed by atoms with Gasteiger partial charge in [0.2, 0.25) is 0 Å². The fourth-order valence-corrected chi connectivity index (χ4v) is 4.90. The van der Waals surface area contributed by atoms with Crippen molar-refractivity contribution in [3.63, 3.8) is 0 Å². The van der Waals surface area contributed by atoms with Gasteiger partial charge in [-0.1, -0.05) is 5.16 Å². The van der Waals surface area contributed by atoms with Gasteiger partial charge >= 0.3 is 5.97 Å². The number of rotatable bonds is 6. The lowest BCUT2D eigenvalue weighted by atomic mass is 10.1. The van der Waals surface area contributed by atoms with E-state index >= 15 is 0 Å². The first-order chi connectivity index (χ1) is 14.7. The normalized spacial score (nSPS) is 11.7. The van der Waals surface area contributed by atoms with Crippen molar-refractivity contribution in [1.29, 1.82) is 0 Å². The van der Waals surface area contributed by atoms with E-state index in [-0.39, 0.29) is 27.1 Å². The van der Waals surface area contributed by atoms with Crippen LogP contribution >= 0.6 is 0 Å². The Morgan fingerprint density at radius 2 is 1.97 bits per heavy atom. The molecule has 9 nitrogen and oxygen atoms in total. The minimum Gasteiger partial charge on any atom is -0.481 e. The zero-order chi connectivity index (χ0) is 22.3. The number of fused-ring (bicyclic) bond motifs is 1. The molecule has 2 N–H and O–H groups in total. The molecule has 0 saturated heterocycles. The van der Waals surface area contributed by atoms with E-state index in [2.05, 4.69) is 15.5 Å². The molecule has 0 bridgehead atoms. The number of aliphatic carboxylic acids is 1. The van der Waals surface area contributed by atoms with Crippen LogP contribution in [0.1, 0.15) is 17.0 Å². The third kappa shape index (κ3) is 3.75. The molecule has 31 heavy (non-hydrogen) atoms. The van der Waals surface area contributed by atoms with E-state index < -0.39 is 28.2 Å². The quantitative estimate of drug-likeness (QED) is 0.463. The molecule has 0 spiro atoms. The molecular formula is C20H17FN4O5S. The van der Waals surface area contributed by atoms with Crippen molar-refractivity contribution in [3.8, 4) is 0 Å². The Bertz CT molecular complexity index is 1410. The predicted octanol–water partition coefficient (Wildman–Crippen LogP) is 3.39. The van der Waals surface area contributed by atoms with Crippen LogP contribution in [0, 0.1) is 19.7 Å². The number of carbonyl (C=O) groups is 1. The molecule has 0 unspecified atom stereocenters. The van der Waals surface area contributed by atoms with E-state index in [0.29, 0.717) is 17.4 Å². The lowest BCUT2D eigenvalue weighted by Crippen LogP contribution is -2.15. The number of hydrogen-bond acceptors (Lipinski definition) is 7. The molecule has 0 aliphatic heterocycles. The largest absolute Gasteiger partial charge is 0.481 e. The zero-order valence-corrected chi connectivity index (χ0v) is 17.3. The Morgan fingerprint density at radius 3 is 2.58 bits per heavy atom. The smallest absolute Gasteiger partial charge is 0.307 e. The first kappa shape index (κ1) is 20.5. The third-order valence-electron chi connectivity index (χ3n) is 4.73. The minimum atomic E-state index is -4.13. The second kappa shape index (κ2) is 7.51. The topological polar surface area (TPSA) is 127 Å². The molecule has 0 saturated carbocycles. The van der Waals surface area contributed by atoms with Crippen LogP contribution < -0.4 is 5.32 Å². The van der Waals surface area contributed by atoms with Crippen LogP contribution in [-0.2, 0) is 21.2 Å². The highest BCUT2D eigenvalue weighted by molar-refractivity contribution is 7.90. The average molecular weight is 444 g/mol. The molecule has 0 fully saturated rings. The number of anilines is 2. The number of aryl methyl sites for hydroxylation is 1. The van der Waals surface area contributed by atoms with Gasteiger partial charge in [0.1, 0.15) is 22.3 Å². The molecule has 0 aliphatic carbocycles. The number of carboxylic acids is 1. The van der Waals surface area contributed by atoms with Crippen molar-refractivity contribution in [1.82, 2.24) is 14.1 Å². The maximum absolute atomic E-state index is 13.8. The van der Waals surface area contributed by atoms with Crippen molar-refractivity contribution in [3.05, 3.63) is 65.4 Å². The van der Waals surface area contributed by atoms with Crippen molar-refractivity contribution < 1.29 is 27.2 Å². The molecule has 4 aromatic rings. The fourth-order valence-electron chi connectivity index (χ4n) is 3.38. The number of nitrogens with one attached hydrogen (secondary N) is 1. The third-order valence-corrected chi connectivity index (χ3v) is 6.52. The standard InChI is InChI=1S/C20H17FN4O5S/c1-11-7-19(24-30-11)23-18-6-4-14(10-22-18)31(28,29)25-12(2)15(9-20(26)27)16-8-13(21)3-5-17(16)25/h3-8,10H,9H2,1-2H3,(H,26,27)(H,22,23,24). The van der Waals surface area contributed by atoms with Crippen molar-refractivity contribution in [2.24, 2.45) is 0 Å². The van der Waals surface area contributed by atoms with Gasteiger partial charge in [-0.05, 0) is 49.7 Å². The molecular weight excluding hydrogens is 427 g/mol. The molecule has 0 atom stereocenters. The highest BCUT2D eigenvalue weighted by atomic mass is 32.2. The molecule has 11 heteroatoms. The molecule has 0 radical (unpaired) electrons. The van der Waals surface area contributed by atoms with E-state index in [4.69, 9.17) is 4.52 Å². The van der Waals surface area contributed by atoms with Crippen LogP contribution in [0.5, 0.6) is 0 Å². The lowest BCUT2D eigenvalue weighted by Gasteiger charge is -2.11. The summed E-state index contributed by atoms with van der Waals surface area (Å²) in [6, 6.07) is 8.07. The zero-order valence-electron chi connectivity index (χ0n) is 16.5. The maximum atomic E-state index is 13.8. The fraction of sp³-hybridized carbons (Fsp3) is 0.150. The van der Waals surface area contributed by atoms with Crippen molar-refractivity contribution in [2.75, 3.05) is 5.32 Å². The van der Waals surface area contributed by atoms with Gasteiger partial charge in [0.25, 0.3) is 10.0 Å². The molecule has 0 amide bonds. The second-order valence-electron chi connectivity index (χ2n) is 6.89. The van der Waals surface area contributed by atoms with Crippen LogP contribution in [0.4, 0.5) is 16.0 Å². The minimum absolute atomic E-state index is 0.111. The van der Waals surface area contributed by atoms with Gasteiger partial charge in [0.15, 0.2) is 5.82 Å².